The highest BCUT2D eigenvalue weighted by molar-refractivity contribution is 7.92. The van der Waals surface area contributed by atoms with E-state index in [1.807, 2.05) is 6.07 Å². The number of hydrogen-bond acceptors (Lipinski definition) is 5. The molecule has 1 aliphatic rings. The summed E-state index contributed by atoms with van der Waals surface area (Å²) in [6.45, 7) is 0.657. The Balaban J connectivity index is 1.60. The molecule has 0 aliphatic heterocycles. The molecule has 1 heterocycles. The Morgan fingerprint density at radius 1 is 1.11 bits per heavy atom. The van der Waals surface area contributed by atoms with Crippen molar-refractivity contribution in [1.29, 1.82) is 0 Å². The molecule has 198 valence electrons. The van der Waals surface area contributed by atoms with Gasteiger partial charge in [0.1, 0.15) is 28.7 Å². The molecule has 0 saturated heterocycles. The van der Waals surface area contributed by atoms with E-state index in [0.717, 1.165) is 18.4 Å². The fraction of sp³-hybridized carbons (Fsp3) is 0.250. The number of fused-ring (bicyclic) bond motifs is 1. The van der Waals surface area contributed by atoms with Gasteiger partial charge in [0.15, 0.2) is 0 Å². The van der Waals surface area contributed by atoms with Crippen molar-refractivity contribution in [2.75, 3.05) is 30.7 Å². The van der Waals surface area contributed by atoms with E-state index in [0.29, 0.717) is 51.6 Å². The van der Waals surface area contributed by atoms with Gasteiger partial charge in [0, 0.05) is 24.1 Å². The van der Waals surface area contributed by atoms with Crippen molar-refractivity contribution < 1.29 is 32.5 Å². The number of quaternary nitrogens is 1. The third kappa shape index (κ3) is 5.09. The Bertz CT molecular complexity index is 1590. The van der Waals surface area contributed by atoms with Gasteiger partial charge in [0.05, 0.1) is 30.6 Å². The van der Waals surface area contributed by atoms with Crippen LogP contribution in [0, 0.1) is 5.82 Å². The second kappa shape index (κ2) is 10.1. The van der Waals surface area contributed by atoms with Gasteiger partial charge in [-0.25, -0.2) is 12.8 Å². The van der Waals surface area contributed by atoms with E-state index in [9.17, 15) is 17.6 Å². The van der Waals surface area contributed by atoms with E-state index in [1.54, 1.807) is 37.4 Å². The first-order chi connectivity index (χ1) is 18.2. The summed E-state index contributed by atoms with van der Waals surface area (Å²) in [7, 11) is -1.99. The topological polar surface area (TPSA) is 116 Å². The van der Waals surface area contributed by atoms with Crippen LogP contribution in [-0.4, -0.2) is 40.7 Å². The van der Waals surface area contributed by atoms with Crippen LogP contribution < -0.4 is 20.1 Å². The minimum atomic E-state index is -3.55. The van der Waals surface area contributed by atoms with E-state index in [1.165, 1.54) is 34.8 Å². The summed E-state index contributed by atoms with van der Waals surface area (Å²) in [5.74, 6) is 0.966. The lowest BCUT2D eigenvalue weighted by Gasteiger charge is -2.23. The zero-order valence-corrected chi connectivity index (χ0v) is 22.0. The number of halogens is 1. The van der Waals surface area contributed by atoms with Crippen LogP contribution in [-0.2, 0) is 10.0 Å². The van der Waals surface area contributed by atoms with Gasteiger partial charge < -0.3 is 20.2 Å². The monoisotopic (exact) mass is 538 g/mol. The minimum Gasteiger partial charge on any atom is -0.457 e. The SMILES string of the molecule is CNC(=O)c1c(-c2ccc(Oc3ccc(F)cc3)cc2)oc2cc(N(CC[NH3+])S(C)(=O)=O)c(C3CC3)cc12. The number of carbonyl (C=O) groups is 1. The number of nitrogens with one attached hydrogen (secondary N) is 1. The second-order valence-electron chi connectivity index (χ2n) is 9.34. The van der Waals surface area contributed by atoms with Gasteiger partial charge in [-0.3, -0.25) is 9.10 Å². The number of rotatable bonds is 9. The molecule has 0 unspecified atom stereocenters. The van der Waals surface area contributed by atoms with Crippen LogP contribution in [0.3, 0.4) is 0 Å². The van der Waals surface area contributed by atoms with Crippen molar-refractivity contribution >= 4 is 32.6 Å². The van der Waals surface area contributed by atoms with E-state index in [4.69, 9.17) is 9.15 Å². The van der Waals surface area contributed by atoms with Crippen molar-refractivity contribution in [2.24, 2.45) is 0 Å². The van der Waals surface area contributed by atoms with Crippen LogP contribution in [0.2, 0.25) is 0 Å². The molecule has 10 heteroatoms. The highest BCUT2D eigenvalue weighted by atomic mass is 32.2. The predicted octanol–water partition coefficient (Wildman–Crippen LogP) is 4.28. The average molecular weight is 539 g/mol. The molecule has 4 N–H and O–H groups in total. The van der Waals surface area contributed by atoms with Crippen molar-refractivity contribution in [3.05, 3.63) is 77.6 Å². The Kier molecular flexibility index (Phi) is 6.85. The second-order valence-corrected chi connectivity index (χ2v) is 11.2. The fourth-order valence-electron chi connectivity index (χ4n) is 4.56. The minimum absolute atomic E-state index is 0.224. The molecule has 1 aromatic heterocycles. The molecule has 8 nitrogen and oxygen atoms in total. The zero-order chi connectivity index (χ0) is 27.0. The molecule has 1 aliphatic carbocycles. The molecular formula is C28H29FN3O5S+. The summed E-state index contributed by atoms with van der Waals surface area (Å²) in [6, 6.07) is 16.4. The summed E-state index contributed by atoms with van der Waals surface area (Å²) < 4.78 is 51.9. The number of nitrogens with zero attached hydrogens (tertiary/aromatic N) is 1. The molecule has 3 aromatic carbocycles. The van der Waals surface area contributed by atoms with Gasteiger partial charge >= 0.3 is 0 Å². The van der Waals surface area contributed by atoms with Crippen molar-refractivity contribution in [3.63, 3.8) is 0 Å². The number of sulfonamides is 1. The predicted molar refractivity (Wildman–Crippen MR) is 143 cm³/mol. The van der Waals surface area contributed by atoms with Gasteiger partial charge in [-0.05, 0) is 78.9 Å². The number of anilines is 1. The molecule has 0 bridgehead atoms. The largest absolute Gasteiger partial charge is 0.457 e. The number of ether oxygens (including phenoxy) is 1. The lowest BCUT2D eigenvalue weighted by molar-refractivity contribution is -0.363. The molecule has 1 fully saturated rings. The van der Waals surface area contributed by atoms with E-state index in [2.05, 4.69) is 11.1 Å². The lowest BCUT2D eigenvalue weighted by Crippen LogP contribution is -2.55. The summed E-state index contributed by atoms with van der Waals surface area (Å²) in [6.07, 6.45) is 3.09. The number of amides is 1. The quantitative estimate of drug-likeness (QED) is 0.330. The molecule has 0 radical (unpaired) electrons. The van der Waals surface area contributed by atoms with Crippen LogP contribution in [0.15, 0.2) is 65.1 Å². The molecule has 4 aromatic rings. The maximum atomic E-state index is 13.2. The van der Waals surface area contributed by atoms with Gasteiger partial charge in [0.2, 0.25) is 10.0 Å². The Morgan fingerprint density at radius 3 is 2.29 bits per heavy atom. The summed E-state index contributed by atoms with van der Waals surface area (Å²) in [5.41, 5.74) is 6.74. The van der Waals surface area contributed by atoms with Gasteiger partial charge in [0.25, 0.3) is 5.91 Å². The fourth-order valence-corrected chi connectivity index (χ4v) is 5.54. The Hall–Kier alpha value is -3.89. The normalized spacial score (nSPS) is 13.5. The van der Waals surface area contributed by atoms with Crippen molar-refractivity contribution in [1.82, 2.24) is 5.32 Å². The highest BCUT2D eigenvalue weighted by Gasteiger charge is 2.33. The highest BCUT2D eigenvalue weighted by Crippen LogP contribution is 2.48. The number of benzene rings is 3. The van der Waals surface area contributed by atoms with Crippen LogP contribution >= 0.6 is 0 Å². The molecule has 1 amide bonds. The average Bonchev–Trinajstić information content (AvgIpc) is 3.67. The number of carbonyl (C=O) groups excluding carboxylic acids is 1. The molecule has 0 spiro atoms. The summed E-state index contributed by atoms with van der Waals surface area (Å²) in [5, 5.41) is 3.32. The number of furan rings is 1. The smallest absolute Gasteiger partial charge is 0.255 e. The third-order valence-electron chi connectivity index (χ3n) is 6.50. The number of hydrogen-bond donors (Lipinski definition) is 2. The zero-order valence-electron chi connectivity index (χ0n) is 21.2. The maximum absolute atomic E-state index is 13.2. The Labute approximate surface area is 220 Å². The van der Waals surface area contributed by atoms with Crippen molar-refractivity contribution in [2.45, 2.75) is 18.8 Å². The van der Waals surface area contributed by atoms with Crippen molar-refractivity contribution in [3.8, 4) is 22.8 Å². The molecule has 0 atom stereocenters. The summed E-state index contributed by atoms with van der Waals surface area (Å²) in [4.78, 5) is 13.1. The van der Waals surface area contributed by atoms with Gasteiger partial charge in [-0.2, -0.15) is 0 Å². The molecule has 1 saturated carbocycles. The first kappa shape index (κ1) is 25.7. The standard InChI is InChI=1S/C28H28FN3O5S/c1-31-28(33)26-23-15-22(17-3-4-17)24(32(14-13-30)38(2,34)35)16-25(23)37-27(26)18-5-9-20(10-6-18)36-21-11-7-19(29)8-12-21/h5-12,15-17H,3-4,13-14,30H2,1-2H3,(H,31,33)/p+1. The summed E-state index contributed by atoms with van der Waals surface area (Å²) >= 11 is 0. The first-order valence-corrected chi connectivity index (χ1v) is 14.2. The molecule has 5 rings (SSSR count). The van der Waals surface area contributed by atoms with Crippen LogP contribution in [0.1, 0.15) is 34.7 Å². The van der Waals surface area contributed by atoms with E-state index < -0.39 is 10.0 Å². The first-order valence-electron chi connectivity index (χ1n) is 12.3. The lowest BCUT2D eigenvalue weighted by atomic mass is 10.0. The van der Waals surface area contributed by atoms with Gasteiger partial charge in [-0.15, -0.1) is 0 Å². The van der Waals surface area contributed by atoms with Crippen LogP contribution in [0.4, 0.5) is 10.1 Å². The van der Waals surface area contributed by atoms with E-state index in [-0.39, 0.29) is 24.2 Å². The maximum Gasteiger partial charge on any atom is 0.255 e. The van der Waals surface area contributed by atoms with Crippen LogP contribution in [0.5, 0.6) is 11.5 Å². The third-order valence-corrected chi connectivity index (χ3v) is 7.68. The Morgan fingerprint density at radius 2 is 1.74 bits per heavy atom. The molecular weight excluding hydrogens is 509 g/mol. The van der Waals surface area contributed by atoms with Crippen LogP contribution in [0.25, 0.3) is 22.3 Å². The van der Waals surface area contributed by atoms with E-state index >= 15 is 0 Å². The molecule has 38 heavy (non-hydrogen) atoms. The van der Waals surface area contributed by atoms with Gasteiger partial charge in [-0.1, -0.05) is 0 Å².